The summed E-state index contributed by atoms with van der Waals surface area (Å²) in [5.41, 5.74) is 1.71. The highest BCUT2D eigenvalue weighted by molar-refractivity contribution is 6.39. The molecule has 3 N–H and O–H groups in total. The van der Waals surface area contributed by atoms with E-state index in [1.807, 2.05) is 36.4 Å². The third-order valence-corrected chi connectivity index (χ3v) is 3.33. The number of hydrogen-bond acceptors (Lipinski definition) is 5. The summed E-state index contributed by atoms with van der Waals surface area (Å²) in [6.45, 7) is 0.725. The number of aliphatic hydroxyl groups excluding tert-OH is 2. The van der Waals surface area contributed by atoms with Crippen molar-refractivity contribution in [2.45, 2.75) is 13.0 Å². The highest BCUT2D eigenvalue weighted by Gasteiger charge is 2.04. The fraction of sp³-hybridized carbons (Fsp3) is 0.235. The Morgan fingerprint density at radius 1 is 1.12 bits per heavy atom. The monoisotopic (exact) mass is 371 g/mol. The number of benzene rings is 2. The average Bonchev–Trinajstić information content (AvgIpc) is 2.57. The predicted octanol–water partition coefficient (Wildman–Crippen LogP) is 3.64. The van der Waals surface area contributed by atoms with E-state index in [9.17, 15) is 4.79 Å². The number of aliphatic hydroxyl groups is 2. The van der Waals surface area contributed by atoms with Crippen molar-refractivity contribution in [1.82, 2.24) is 0 Å². The minimum Gasteiger partial charge on any atom is -0.463 e. The van der Waals surface area contributed by atoms with Crippen molar-refractivity contribution < 1.29 is 19.7 Å². The van der Waals surface area contributed by atoms with E-state index in [1.165, 1.54) is 6.92 Å². The van der Waals surface area contributed by atoms with Gasteiger partial charge in [0.1, 0.15) is 12.7 Å². The van der Waals surface area contributed by atoms with Crippen LogP contribution in [0.15, 0.2) is 48.5 Å². The normalized spacial score (nSPS) is 11.0. The zero-order valence-electron chi connectivity index (χ0n) is 13.1. The van der Waals surface area contributed by atoms with Crippen LogP contribution in [0.5, 0.6) is 0 Å². The minimum absolute atomic E-state index is 0.133. The molecule has 2 rings (SSSR count). The second-order valence-corrected chi connectivity index (χ2v) is 5.54. The van der Waals surface area contributed by atoms with E-state index in [0.29, 0.717) is 10.0 Å². The summed E-state index contributed by atoms with van der Waals surface area (Å²) >= 11 is 12.1. The molecule has 7 heteroatoms. The molecule has 0 amide bonds. The molecule has 5 nitrogen and oxygen atoms in total. The second-order valence-electron chi connectivity index (χ2n) is 4.73. The first-order chi connectivity index (χ1) is 11.4. The summed E-state index contributed by atoms with van der Waals surface area (Å²) in [5, 5.41) is 21.2. The van der Waals surface area contributed by atoms with E-state index in [2.05, 4.69) is 10.1 Å². The van der Waals surface area contributed by atoms with Crippen LogP contribution in [0.4, 0.5) is 11.4 Å². The number of anilines is 2. The number of para-hydroxylation sites is 2. The van der Waals surface area contributed by atoms with Gasteiger partial charge in [-0.25, -0.2) is 0 Å². The van der Waals surface area contributed by atoms with Gasteiger partial charge in [-0.3, -0.25) is 4.79 Å². The highest BCUT2D eigenvalue weighted by Crippen LogP contribution is 2.32. The lowest BCUT2D eigenvalue weighted by Crippen LogP contribution is -2.20. The van der Waals surface area contributed by atoms with Crippen LogP contribution in [-0.4, -0.2) is 35.5 Å². The average molecular weight is 372 g/mol. The van der Waals surface area contributed by atoms with Crippen molar-refractivity contribution in [3.63, 3.8) is 0 Å². The van der Waals surface area contributed by atoms with Crippen molar-refractivity contribution in [3.05, 3.63) is 58.6 Å². The maximum atomic E-state index is 10.0. The third kappa shape index (κ3) is 7.66. The van der Waals surface area contributed by atoms with Crippen LogP contribution >= 0.6 is 23.2 Å². The molecule has 24 heavy (non-hydrogen) atoms. The summed E-state index contributed by atoms with van der Waals surface area (Å²) < 4.78 is 4.35. The number of carbonyl (C=O) groups is 1. The lowest BCUT2D eigenvalue weighted by molar-refractivity contribution is -0.144. The van der Waals surface area contributed by atoms with Gasteiger partial charge in [-0.1, -0.05) is 47.5 Å². The Morgan fingerprint density at radius 2 is 1.71 bits per heavy atom. The van der Waals surface area contributed by atoms with Gasteiger partial charge < -0.3 is 20.3 Å². The van der Waals surface area contributed by atoms with E-state index in [4.69, 9.17) is 33.4 Å². The van der Waals surface area contributed by atoms with Crippen molar-refractivity contribution in [2.24, 2.45) is 0 Å². The van der Waals surface area contributed by atoms with E-state index >= 15 is 0 Å². The second kappa shape index (κ2) is 10.9. The fourth-order valence-electron chi connectivity index (χ4n) is 1.55. The Hall–Kier alpha value is -1.79. The largest absolute Gasteiger partial charge is 0.463 e. The van der Waals surface area contributed by atoms with Crippen LogP contribution < -0.4 is 5.32 Å². The number of carbonyl (C=O) groups excluding carboxylic acids is 1. The first kappa shape index (κ1) is 20.3. The molecule has 0 bridgehead atoms. The predicted molar refractivity (Wildman–Crippen MR) is 95.9 cm³/mol. The number of esters is 1. The van der Waals surface area contributed by atoms with Gasteiger partial charge >= 0.3 is 5.97 Å². The first-order valence-corrected chi connectivity index (χ1v) is 7.88. The molecule has 2 aromatic rings. The van der Waals surface area contributed by atoms with Gasteiger partial charge in [0.25, 0.3) is 0 Å². The number of rotatable bonds is 5. The fourth-order valence-corrected chi connectivity index (χ4v) is 2.04. The molecule has 0 aliphatic heterocycles. The first-order valence-electron chi connectivity index (χ1n) is 7.12. The molecule has 0 radical (unpaired) electrons. The smallest absolute Gasteiger partial charge is 0.302 e. The molecule has 0 fully saturated rings. The lowest BCUT2D eigenvalue weighted by atomic mass is 10.2. The van der Waals surface area contributed by atoms with Gasteiger partial charge in [0.05, 0.1) is 22.3 Å². The standard InChI is InChI=1S/C12H9Cl2N.C5H10O4/c13-10-7-4-8-11(14)12(10)15-9-5-2-1-3-6-9;1-4(7)9-3-5(8)2-6/h1-8,15H;5-6,8H,2-3H2,1H3. The van der Waals surface area contributed by atoms with E-state index in [-0.39, 0.29) is 13.2 Å². The Kier molecular flexibility index (Phi) is 9.19. The highest BCUT2D eigenvalue weighted by atomic mass is 35.5. The summed E-state index contributed by atoms with van der Waals surface area (Å²) in [4.78, 5) is 10.0. The number of halogens is 2. The molecule has 0 saturated heterocycles. The summed E-state index contributed by atoms with van der Waals surface area (Å²) in [6, 6.07) is 15.2. The molecular formula is C17H19Cl2NO4. The summed E-state index contributed by atoms with van der Waals surface area (Å²) in [6.07, 6.45) is -0.950. The molecule has 2 aromatic carbocycles. The molecule has 0 heterocycles. The maximum Gasteiger partial charge on any atom is 0.302 e. The van der Waals surface area contributed by atoms with Gasteiger partial charge in [-0.05, 0) is 24.3 Å². The van der Waals surface area contributed by atoms with E-state index in [0.717, 1.165) is 11.4 Å². The van der Waals surface area contributed by atoms with E-state index < -0.39 is 12.1 Å². The molecule has 1 atom stereocenters. The Bertz CT molecular complexity index is 617. The molecular weight excluding hydrogens is 353 g/mol. The molecule has 1 unspecified atom stereocenters. The van der Waals surface area contributed by atoms with Crippen molar-refractivity contribution in [3.8, 4) is 0 Å². The van der Waals surface area contributed by atoms with Crippen molar-refractivity contribution >= 4 is 40.5 Å². The van der Waals surface area contributed by atoms with Crippen molar-refractivity contribution in [1.29, 1.82) is 0 Å². The zero-order valence-corrected chi connectivity index (χ0v) is 14.6. The molecule has 0 spiro atoms. The van der Waals surface area contributed by atoms with E-state index in [1.54, 1.807) is 12.1 Å². The maximum absolute atomic E-state index is 10.0. The molecule has 0 saturated carbocycles. The summed E-state index contributed by atoms with van der Waals surface area (Å²) in [7, 11) is 0. The van der Waals surface area contributed by atoms with Crippen molar-refractivity contribution in [2.75, 3.05) is 18.5 Å². The van der Waals surface area contributed by atoms with Crippen LogP contribution in [-0.2, 0) is 9.53 Å². The molecule has 0 aliphatic rings. The van der Waals surface area contributed by atoms with Crippen LogP contribution in [0.1, 0.15) is 6.92 Å². The van der Waals surface area contributed by atoms with Crippen LogP contribution in [0.25, 0.3) is 0 Å². The zero-order chi connectivity index (χ0) is 17.9. The van der Waals surface area contributed by atoms with Crippen LogP contribution in [0.2, 0.25) is 10.0 Å². The van der Waals surface area contributed by atoms with Gasteiger partial charge in [-0.2, -0.15) is 0 Å². The van der Waals surface area contributed by atoms with Crippen LogP contribution in [0.3, 0.4) is 0 Å². The molecule has 0 aliphatic carbocycles. The van der Waals surface area contributed by atoms with Gasteiger partial charge in [0.15, 0.2) is 0 Å². The Labute approximate surface area is 150 Å². The quantitative estimate of drug-likeness (QED) is 0.699. The van der Waals surface area contributed by atoms with Gasteiger partial charge in [0.2, 0.25) is 0 Å². The topological polar surface area (TPSA) is 78.8 Å². The summed E-state index contributed by atoms with van der Waals surface area (Å²) in [5.74, 6) is -0.456. The van der Waals surface area contributed by atoms with Gasteiger partial charge in [-0.15, -0.1) is 0 Å². The van der Waals surface area contributed by atoms with Crippen LogP contribution in [0, 0.1) is 0 Å². The minimum atomic E-state index is -0.950. The molecule has 130 valence electrons. The van der Waals surface area contributed by atoms with Gasteiger partial charge in [0, 0.05) is 12.6 Å². The number of nitrogens with one attached hydrogen (secondary N) is 1. The third-order valence-electron chi connectivity index (χ3n) is 2.70. The number of ether oxygens (including phenoxy) is 1. The number of hydrogen-bond donors (Lipinski definition) is 3. The SMILES string of the molecule is CC(=O)OCC(O)CO.Clc1cccc(Cl)c1Nc1ccccc1. The Balaban J connectivity index is 0.000000277. The molecule has 0 aromatic heterocycles. The lowest BCUT2D eigenvalue weighted by Gasteiger charge is -2.09. The Morgan fingerprint density at radius 3 is 2.21 bits per heavy atom.